The second-order valence-corrected chi connectivity index (χ2v) is 6.84. The summed E-state index contributed by atoms with van der Waals surface area (Å²) < 4.78 is 39.4. The summed E-state index contributed by atoms with van der Waals surface area (Å²) in [6, 6.07) is 3.57. The van der Waals surface area contributed by atoms with E-state index in [-0.39, 0.29) is 21.3 Å². The second kappa shape index (κ2) is 6.16. The van der Waals surface area contributed by atoms with E-state index in [1.165, 1.54) is 24.1 Å². The molecule has 0 unspecified atom stereocenters. The number of benzene rings is 1. The summed E-state index contributed by atoms with van der Waals surface area (Å²) in [7, 11) is 1.52. The fourth-order valence-corrected chi connectivity index (χ4v) is 3.28. The maximum absolute atomic E-state index is 13.0. The van der Waals surface area contributed by atoms with Gasteiger partial charge in [-0.25, -0.2) is 0 Å². The minimum absolute atomic E-state index is 0.122. The Hall–Kier alpha value is -0.750. The highest BCUT2D eigenvalue weighted by Gasteiger charge is 2.37. The first-order valence-corrected chi connectivity index (χ1v) is 7.67. The van der Waals surface area contributed by atoms with Gasteiger partial charge in [0.2, 0.25) is 0 Å². The molecule has 1 aromatic carbocycles. The maximum Gasteiger partial charge on any atom is 0.417 e. The average molecular weight is 385 g/mol. The molecular weight excluding hydrogens is 371 g/mol. The molecule has 21 heavy (non-hydrogen) atoms. The van der Waals surface area contributed by atoms with Crippen LogP contribution >= 0.6 is 27.5 Å². The molecule has 0 atom stereocenters. The van der Waals surface area contributed by atoms with Crippen molar-refractivity contribution in [3.8, 4) is 0 Å². The number of amides is 1. The fraction of sp³-hybridized carbons (Fsp3) is 0.500. The van der Waals surface area contributed by atoms with Crippen molar-refractivity contribution in [1.82, 2.24) is 4.90 Å². The van der Waals surface area contributed by atoms with Crippen molar-refractivity contribution < 1.29 is 18.0 Å². The van der Waals surface area contributed by atoms with E-state index in [0.29, 0.717) is 6.54 Å². The fourth-order valence-electron chi connectivity index (χ4n) is 2.42. The predicted molar refractivity (Wildman–Crippen MR) is 78.5 cm³/mol. The Morgan fingerprint density at radius 3 is 2.57 bits per heavy atom. The van der Waals surface area contributed by atoms with Crippen molar-refractivity contribution in [1.29, 1.82) is 0 Å². The average Bonchev–Trinajstić information content (AvgIpc) is 2.35. The molecule has 1 fully saturated rings. The largest absolute Gasteiger partial charge is 0.417 e. The van der Waals surface area contributed by atoms with Crippen molar-refractivity contribution in [3.05, 3.63) is 33.8 Å². The van der Waals surface area contributed by atoms with Gasteiger partial charge in [-0.2, -0.15) is 13.2 Å². The van der Waals surface area contributed by atoms with Gasteiger partial charge >= 0.3 is 6.18 Å². The van der Waals surface area contributed by atoms with Gasteiger partial charge in [0.15, 0.2) is 0 Å². The Morgan fingerprint density at radius 1 is 1.43 bits per heavy atom. The number of nitrogens with zero attached hydrogens (tertiary/aromatic N) is 1. The molecular formula is C14H14BrClF3NO. The van der Waals surface area contributed by atoms with Crippen LogP contribution in [0.5, 0.6) is 0 Å². The van der Waals surface area contributed by atoms with E-state index < -0.39 is 17.6 Å². The quantitative estimate of drug-likeness (QED) is 0.700. The first kappa shape index (κ1) is 16.6. The van der Waals surface area contributed by atoms with Crippen molar-refractivity contribution >= 4 is 33.4 Å². The summed E-state index contributed by atoms with van der Waals surface area (Å²) in [4.78, 5) is 13.6. The van der Waals surface area contributed by atoms with Crippen LogP contribution in [0.4, 0.5) is 13.2 Å². The van der Waals surface area contributed by atoms with E-state index in [1.54, 1.807) is 0 Å². The molecule has 1 aliphatic carbocycles. The molecule has 0 heterocycles. The highest BCUT2D eigenvalue weighted by molar-refractivity contribution is 9.10. The number of hydrogen-bond acceptors (Lipinski definition) is 1. The number of carbonyl (C=O) groups excluding carboxylic acids is 1. The molecule has 0 bridgehead atoms. The van der Waals surface area contributed by atoms with Gasteiger partial charge < -0.3 is 4.90 Å². The molecule has 1 amide bonds. The third-order valence-electron chi connectivity index (χ3n) is 3.57. The lowest BCUT2D eigenvalue weighted by atomic mass is 9.84. The van der Waals surface area contributed by atoms with Crippen molar-refractivity contribution in [2.75, 3.05) is 13.6 Å². The van der Waals surface area contributed by atoms with Gasteiger partial charge in [-0.1, -0.05) is 15.9 Å². The molecule has 0 saturated heterocycles. The van der Waals surface area contributed by atoms with Crippen molar-refractivity contribution in [3.63, 3.8) is 0 Å². The Balaban J connectivity index is 2.18. The van der Waals surface area contributed by atoms with Crippen LogP contribution in [0.3, 0.4) is 0 Å². The monoisotopic (exact) mass is 383 g/mol. The van der Waals surface area contributed by atoms with Crippen molar-refractivity contribution in [2.24, 2.45) is 5.92 Å². The Labute approximate surface area is 134 Å². The second-order valence-electron chi connectivity index (χ2n) is 5.31. The number of halogens is 5. The van der Waals surface area contributed by atoms with Crippen LogP contribution in [0.25, 0.3) is 0 Å². The molecule has 0 aromatic heterocycles. The van der Waals surface area contributed by atoms with Gasteiger partial charge in [0.05, 0.1) is 11.1 Å². The van der Waals surface area contributed by atoms with Crippen LogP contribution in [-0.4, -0.2) is 29.8 Å². The Morgan fingerprint density at radius 2 is 2.05 bits per heavy atom. The Kier molecular flexibility index (Phi) is 4.88. The van der Waals surface area contributed by atoms with Crippen molar-refractivity contribution in [2.45, 2.75) is 24.4 Å². The molecule has 1 aliphatic rings. The molecule has 1 saturated carbocycles. The van der Waals surface area contributed by atoms with Gasteiger partial charge in [0.1, 0.15) is 0 Å². The zero-order valence-corrected chi connectivity index (χ0v) is 13.6. The zero-order chi connectivity index (χ0) is 15.8. The standard InChI is InChI=1S/C14H14BrClF3NO/c1-20(7-8-4-10(16)5-8)13(21)11-3-2-9(15)6-12(11)14(17,18)19/h2-3,6,8,10H,4-5,7H2,1H3. The van der Waals surface area contributed by atoms with Gasteiger partial charge in [-0.15, -0.1) is 11.6 Å². The summed E-state index contributed by atoms with van der Waals surface area (Å²) in [5.74, 6) is -0.348. The number of alkyl halides is 4. The predicted octanol–water partition coefficient (Wildman–Crippen LogP) is 4.56. The van der Waals surface area contributed by atoms with Crippen LogP contribution in [0, 0.1) is 5.92 Å². The van der Waals surface area contributed by atoms with Crippen LogP contribution < -0.4 is 0 Å². The van der Waals surface area contributed by atoms with E-state index in [1.807, 2.05) is 0 Å². The van der Waals surface area contributed by atoms with Crippen LogP contribution in [0.15, 0.2) is 22.7 Å². The number of rotatable bonds is 3. The van der Waals surface area contributed by atoms with Gasteiger partial charge in [0, 0.05) is 23.4 Å². The van der Waals surface area contributed by atoms with Crippen LogP contribution in [-0.2, 0) is 6.18 Å². The smallest absolute Gasteiger partial charge is 0.341 e. The summed E-state index contributed by atoms with van der Waals surface area (Å²) in [5, 5.41) is 0.122. The van der Waals surface area contributed by atoms with E-state index in [9.17, 15) is 18.0 Å². The highest BCUT2D eigenvalue weighted by Crippen LogP contribution is 2.35. The third-order valence-corrected chi connectivity index (χ3v) is 4.42. The van der Waals surface area contributed by atoms with Gasteiger partial charge in [0.25, 0.3) is 5.91 Å². The summed E-state index contributed by atoms with van der Waals surface area (Å²) in [6.45, 7) is 0.426. The first-order chi connectivity index (χ1) is 9.68. The van der Waals surface area contributed by atoms with Gasteiger partial charge in [-0.3, -0.25) is 4.79 Å². The number of carbonyl (C=O) groups is 1. The minimum atomic E-state index is -4.56. The minimum Gasteiger partial charge on any atom is -0.341 e. The summed E-state index contributed by atoms with van der Waals surface area (Å²) in [6.07, 6.45) is -2.97. The SMILES string of the molecule is CN(CC1CC(Cl)C1)C(=O)c1ccc(Br)cc1C(F)(F)F. The lowest BCUT2D eigenvalue weighted by Gasteiger charge is -2.34. The normalized spacial score (nSPS) is 21.8. The van der Waals surface area contributed by atoms with E-state index in [4.69, 9.17) is 11.6 Å². The van der Waals surface area contributed by atoms with E-state index in [0.717, 1.165) is 18.9 Å². The third kappa shape index (κ3) is 3.92. The molecule has 116 valence electrons. The number of hydrogen-bond donors (Lipinski definition) is 0. The lowest BCUT2D eigenvalue weighted by molar-refractivity contribution is -0.138. The van der Waals surface area contributed by atoms with Crippen LogP contribution in [0.1, 0.15) is 28.8 Å². The maximum atomic E-state index is 13.0. The molecule has 0 N–H and O–H groups in total. The molecule has 1 aromatic rings. The topological polar surface area (TPSA) is 20.3 Å². The molecule has 0 radical (unpaired) electrons. The lowest BCUT2D eigenvalue weighted by Crippen LogP contribution is -2.38. The molecule has 0 spiro atoms. The van der Waals surface area contributed by atoms with E-state index in [2.05, 4.69) is 15.9 Å². The molecule has 2 rings (SSSR count). The summed E-state index contributed by atoms with van der Waals surface area (Å²) >= 11 is 8.87. The molecule has 7 heteroatoms. The molecule has 2 nitrogen and oxygen atoms in total. The van der Waals surface area contributed by atoms with Gasteiger partial charge in [-0.05, 0) is 37.0 Å². The Bertz CT molecular complexity index is 544. The van der Waals surface area contributed by atoms with Crippen LogP contribution in [0.2, 0.25) is 0 Å². The summed E-state index contributed by atoms with van der Waals surface area (Å²) in [5.41, 5.74) is -1.24. The zero-order valence-electron chi connectivity index (χ0n) is 11.3. The molecule has 0 aliphatic heterocycles. The highest BCUT2D eigenvalue weighted by atomic mass is 79.9. The van der Waals surface area contributed by atoms with E-state index >= 15 is 0 Å². The first-order valence-electron chi connectivity index (χ1n) is 6.44.